The molecule has 1 unspecified atom stereocenters. The minimum atomic E-state index is -4.69. The average Bonchev–Trinajstić information content (AvgIpc) is 3.11. The van der Waals surface area contributed by atoms with E-state index in [1.165, 1.54) is 72.7 Å². The van der Waals surface area contributed by atoms with Crippen molar-refractivity contribution in [2.24, 2.45) is 0 Å². The Labute approximate surface area is 295 Å². The van der Waals surface area contributed by atoms with Crippen LogP contribution in [0.4, 0.5) is 23.2 Å². The number of hydrogen-bond donors (Lipinski definition) is 3. The number of halogens is 4. The summed E-state index contributed by atoms with van der Waals surface area (Å²) >= 11 is 0. The van der Waals surface area contributed by atoms with E-state index in [0.29, 0.717) is 16.7 Å². The van der Waals surface area contributed by atoms with Crippen molar-refractivity contribution in [3.63, 3.8) is 0 Å². The van der Waals surface area contributed by atoms with Crippen LogP contribution in [0.15, 0.2) is 115 Å². The molecule has 52 heavy (non-hydrogen) atoms. The third-order valence-corrected chi connectivity index (χ3v) is 7.95. The molecule has 1 amide bonds. The first-order valence-corrected chi connectivity index (χ1v) is 15.7. The van der Waals surface area contributed by atoms with Gasteiger partial charge in [-0.3, -0.25) is 14.5 Å². The lowest BCUT2D eigenvalue weighted by molar-refractivity contribution is -0.142. The number of alkyl halides is 3. The molecule has 0 saturated heterocycles. The molecule has 0 aromatic heterocycles. The van der Waals surface area contributed by atoms with E-state index in [2.05, 4.69) is 5.32 Å². The van der Waals surface area contributed by atoms with Gasteiger partial charge in [0.05, 0.1) is 31.2 Å². The van der Waals surface area contributed by atoms with E-state index in [0.717, 1.165) is 11.6 Å². The van der Waals surface area contributed by atoms with Crippen molar-refractivity contribution in [1.82, 2.24) is 4.90 Å². The summed E-state index contributed by atoms with van der Waals surface area (Å²) in [6.45, 7) is -0.545. The zero-order chi connectivity index (χ0) is 37.4. The van der Waals surface area contributed by atoms with Gasteiger partial charge in [0.15, 0.2) is 0 Å². The molecular weight excluding hydrogens is 684 g/mol. The third-order valence-electron chi connectivity index (χ3n) is 7.95. The lowest BCUT2D eigenvalue weighted by Crippen LogP contribution is -2.33. The van der Waals surface area contributed by atoms with Crippen LogP contribution in [0.25, 0.3) is 11.1 Å². The predicted molar refractivity (Wildman–Crippen MR) is 183 cm³/mol. The summed E-state index contributed by atoms with van der Waals surface area (Å²) in [5.41, 5.74) is 1.58. The van der Waals surface area contributed by atoms with Crippen molar-refractivity contribution in [3.8, 4) is 22.6 Å². The van der Waals surface area contributed by atoms with E-state index < -0.39 is 48.8 Å². The second-order valence-corrected chi connectivity index (χ2v) is 11.7. The Balaban J connectivity index is 1.19. The van der Waals surface area contributed by atoms with Crippen LogP contribution in [-0.2, 0) is 28.7 Å². The maximum Gasteiger partial charge on any atom is 0.416 e. The number of ether oxygens (including phenoxy) is 2. The normalized spacial score (nSPS) is 11.9. The van der Waals surface area contributed by atoms with Gasteiger partial charge in [0, 0.05) is 12.2 Å². The summed E-state index contributed by atoms with van der Waals surface area (Å²) in [6.07, 6.45) is -6.64. The minimum absolute atomic E-state index is 0.00353. The molecular formula is C39H32F4N2O7. The minimum Gasteiger partial charge on any atom is -0.497 e. The van der Waals surface area contributed by atoms with Crippen LogP contribution in [0.5, 0.6) is 11.5 Å². The van der Waals surface area contributed by atoms with Crippen LogP contribution in [0, 0.1) is 5.82 Å². The van der Waals surface area contributed by atoms with Crippen molar-refractivity contribution in [2.45, 2.75) is 25.4 Å². The van der Waals surface area contributed by atoms with Crippen molar-refractivity contribution < 1.29 is 51.6 Å². The first-order valence-electron chi connectivity index (χ1n) is 15.7. The Kier molecular flexibility index (Phi) is 11.7. The van der Waals surface area contributed by atoms with E-state index in [-0.39, 0.29) is 40.7 Å². The van der Waals surface area contributed by atoms with Crippen LogP contribution in [0.2, 0.25) is 0 Å². The van der Waals surface area contributed by atoms with Gasteiger partial charge in [-0.25, -0.2) is 9.18 Å². The standard InChI is InChI=1S/C39H32F4N2O7/c1-51-33-18-13-29(34(21-33)39(41,42)43)20-35(46)44-31-14-11-26(12-15-31)37(49)45(23-36(47)48)22-24-5-16-32(17-6-24)52-38(50)27-9-7-25(8-10-27)28-3-2-4-30(40)19-28/h2-19,21,37,49H,20,22-23H2,1H3,(H,44,46)(H,47,48). The SMILES string of the molecule is COc1ccc(CC(=O)Nc2ccc(C(O)N(CC(=O)O)Cc3ccc(OC(=O)c4ccc(-c5cccc(F)c5)cc4)cc3)cc2)c(C(F)(F)F)c1. The summed E-state index contributed by atoms with van der Waals surface area (Å²) < 4.78 is 64.6. The van der Waals surface area contributed by atoms with Crippen LogP contribution in [0.3, 0.4) is 0 Å². The highest BCUT2D eigenvalue weighted by Crippen LogP contribution is 2.35. The number of benzene rings is 5. The zero-order valence-corrected chi connectivity index (χ0v) is 27.6. The number of rotatable bonds is 13. The van der Waals surface area contributed by atoms with Crippen LogP contribution < -0.4 is 14.8 Å². The first kappa shape index (κ1) is 37.2. The number of carbonyl (C=O) groups is 3. The summed E-state index contributed by atoms with van der Waals surface area (Å²) in [5, 5.41) is 23.1. The number of aliphatic carboxylic acids is 1. The van der Waals surface area contributed by atoms with Crippen LogP contribution in [-0.4, -0.2) is 46.6 Å². The number of esters is 1. The van der Waals surface area contributed by atoms with E-state index in [1.807, 2.05) is 0 Å². The van der Waals surface area contributed by atoms with E-state index in [9.17, 15) is 42.2 Å². The van der Waals surface area contributed by atoms with Gasteiger partial charge in [-0.1, -0.05) is 54.6 Å². The summed E-state index contributed by atoms with van der Waals surface area (Å²) in [5.74, 6) is -2.66. The molecule has 5 aromatic carbocycles. The highest BCUT2D eigenvalue weighted by molar-refractivity contribution is 5.93. The summed E-state index contributed by atoms with van der Waals surface area (Å²) in [4.78, 5) is 38.3. The Hall–Kier alpha value is -6.05. The van der Waals surface area contributed by atoms with Crippen molar-refractivity contribution >= 4 is 23.5 Å². The molecule has 0 bridgehead atoms. The van der Waals surface area contributed by atoms with Gasteiger partial charge in [-0.2, -0.15) is 13.2 Å². The molecule has 0 heterocycles. The lowest BCUT2D eigenvalue weighted by atomic mass is 10.0. The zero-order valence-electron chi connectivity index (χ0n) is 27.6. The third kappa shape index (κ3) is 9.80. The van der Waals surface area contributed by atoms with Crippen LogP contribution >= 0.6 is 0 Å². The number of carbonyl (C=O) groups excluding carboxylic acids is 2. The smallest absolute Gasteiger partial charge is 0.416 e. The molecule has 3 N–H and O–H groups in total. The van der Waals surface area contributed by atoms with Crippen molar-refractivity contribution in [2.75, 3.05) is 19.0 Å². The summed E-state index contributed by atoms with van der Waals surface area (Å²) in [6, 6.07) is 28.0. The number of nitrogens with one attached hydrogen (secondary N) is 1. The lowest BCUT2D eigenvalue weighted by Gasteiger charge is -2.27. The largest absolute Gasteiger partial charge is 0.497 e. The number of nitrogens with zero attached hydrogens (tertiary/aromatic N) is 1. The highest BCUT2D eigenvalue weighted by atomic mass is 19.4. The van der Waals surface area contributed by atoms with Crippen molar-refractivity contribution in [1.29, 1.82) is 0 Å². The molecule has 0 spiro atoms. The molecule has 0 radical (unpaired) electrons. The maximum atomic E-state index is 13.6. The molecule has 0 aliphatic heterocycles. The Morgan fingerprint density at radius 1 is 0.827 bits per heavy atom. The number of amides is 1. The van der Waals surface area contributed by atoms with Crippen LogP contribution in [0.1, 0.15) is 38.8 Å². The fraction of sp³-hybridized carbons (Fsp3) is 0.154. The van der Waals surface area contributed by atoms with Gasteiger partial charge in [-0.15, -0.1) is 0 Å². The van der Waals surface area contributed by atoms with Gasteiger partial charge < -0.3 is 25.0 Å². The number of hydrogen-bond acceptors (Lipinski definition) is 7. The van der Waals surface area contributed by atoms with Gasteiger partial charge in [-0.05, 0) is 88.5 Å². The van der Waals surface area contributed by atoms with E-state index in [1.54, 1.807) is 48.5 Å². The van der Waals surface area contributed by atoms with Gasteiger partial charge in [0.25, 0.3) is 0 Å². The second-order valence-electron chi connectivity index (χ2n) is 11.7. The number of aliphatic hydroxyl groups excluding tert-OH is 1. The number of anilines is 1. The molecule has 5 aromatic rings. The molecule has 5 rings (SSSR count). The number of carboxylic acids is 1. The molecule has 268 valence electrons. The quantitative estimate of drug-likeness (QED) is 0.0496. The molecule has 0 saturated carbocycles. The topological polar surface area (TPSA) is 125 Å². The molecule has 0 aliphatic rings. The number of methoxy groups -OCH3 is 1. The number of carboxylic acid groups (broad SMARTS) is 1. The second kappa shape index (κ2) is 16.3. The average molecular weight is 717 g/mol. The van der Waals surface area contributed by atoms with Crippen molar-refractivity contribution in [3.05, 3.63) is 149 Å². The maximum absolute atomic E-state index is 13.6. The van der Waals surface area contributed by atoms with Gasteiger partial charge in [0.1, 0.15) is 23.5 Å². The molecule has 13 heteroatoms. The van der Waals surface area contributed by atoms with Gasteiger partial charge in [0.2, 0.25) is 5.91 Å². The molecule has 9 nitrogen and oxygen atoms in total. The Morgan fingerprint density at radius 2 is 1.50 bits per heavy atom. The Bertz CT molecular complexity index is 2030. The van der Waals surface area contributed by atoms with E-state index >= 15 is 0 Å². The molecule has 0 aliphatic carbocycles. The Morgan fingerprint density at radius 3 is 2.12 bits per heavy atom. The van der Waals surface area contributed by atoms with E-state index in [4.69, 9.17) is 9.47 Å². The molecule has 0 fully saturated rings. The predicted octanol–water partition coefficient (Wildman–Crippen LogP) is 7.50. The first-order chi connectivity index (χ1) is 24.8. The summed E-state index contributed by atoms with van der Waals surface area (Å²) in [7, 11) is 1.24. The fourth-order valence-electron chi connectivity index (χ4n) is 5.36. The van der Waals surface area contributed by atoms with Gasteiger partial charge >= 0.3 is 18.1 Å². The molecule has 1 atom stereocenters. The fourth-order valence-corrected chi connectivity index (χ4v) is 5.36. The number of aliphatic hydroxyl groups is 1. The monoisotopic (exact) mass is 716 g/mol. The highest BCUT2D eigenvalue weighted by Gasteiger charge is 2.34.